The van der Waals surface area contributed by atoms with E-state index in [1.807, 2.05) is 12.1 Å². The Kier molecular flexibility index (Phi) is 10.3. The molecule has 5 rings (SSSR count). The average Bonchev–Trinajstić information content (AvgIpc) is 3.39. The molecule has 0 spiro atoms. The number of amides is 3. The predicted molar refractivity (Wildman–Crippen MR) is 180 cm³/mol. The molecule has 1 aromatic heterocycles. The van der Waals surface area contributed by atoms with E-state index in [-0.39, 0.29) is 17.4 Å². The Bertz CT molecular complexity index is 1790. The maximum atomic E-state index is 13.5. The minimum absolute atomic E-state index is 0.0517. The summed E-state index contributed by atoms with van der Waals surface area (Å²) in [5.41, 5.74) is 3.30. The van der Waals surface area contributed by atoms with Gasteiger partial charge in [-0.1, -0.05) is 43.3 Å². The summed E-state index contributed by atoms with van der Waals surface area (Å²) in [4.78, 5) is 41.2. The van der Waals surface area contributed by atoms with Crippen molar-refractivity contribution in [2.45, 2.75) is 31.1 Å². The Morgan fingerprint density at radius 3 is 2.62 bits per heavy atom. The number of carbonyl (C=O) groups excluding carboxylic acids is 3. The molecular formula is C35H32N4O4S2. The quantitative estimate of drug-likeness (QED) is 0.129. The molecular weight excluding hydrogens is 605 g/mol. The standard InChI is InChI=1S/C35H32N4O4S2/c1-22-14-15-28-29(20-36)35(45-31(28)16-22)39-32(40)21-44-27-13-7-11-25(19-27)37-34(42)30(18-23-8-6-12-26(17-23)43-2)38-33(41)24-9-4-3-5-10-24/h3-13,17-19,22H,14-16,21H2,1-2H3,(H,37,42)(H,38,41)(H,39,40)/b30-18-. The highest BCUT2D eigenvalue weighted by molar-refractivity contribution is 8.00. The molecule has 3 aromatic carbocycles. The van der Waals surface area contributed by atoms with Crippen LogP contribution in [0, 0.1) is 17.2 Å². The van der Waals surface area contributed by atoms with Crippen molar-refractivity contribution in [2.24, 2.45) is 5.92 Å². The molecule has 1 atom stereocenters. The topological polar surface area (TPSA) is 120 Å². The van der Waals surface area contributed by atoms with Crippen molar-refractivity contribution < 1.29 is 19.1 Å². The lowest BCUT2D eigenvalue weighted by molar-refractivity contribution is -0.114. The molecule has 3 N–H and O–H groups in total. The van der Waals surface area contributed by atoms with Crippen LogP contribution in [-0.4, -0.2) is 30.6 Å². The third-order valence-electron chi connectivity index (χ3n) is 7.27. The second-order valence-corrected chi connectivity index (χ2v) is 12.8. The molecule has 1 heterocycles. The molecule has 0 bridgehead atoms. The summed E-state index contributed by atoms with van der Waals surface area (Å²) in [5, 5.41) is 18.9. The first-order valence-corrected chi connectivity index (χ1v) is 16.2. The Hall–Kier alpha value is -4.85. The first-order chi connectivity index (χ1) is 21.8. The molecule has 3 amide bonds. The smallest absolute Gasteiger partial charge is 0.272 e. The van der Waals surface area contributed by atoms with Crippen LogP contribution in [0.25, 0.3) is 6.08 Å². The van der Waals surface area contributed by atoms with Gasteiger partial charge in [0.2, 0.25) is 5.91 Å². The largest absolute Gasteiger partial charge is 0.497 e. The van der Waals surface area contributed by atoms with E-state index in [4.69, 9.17) is 4.74 Å². The lowest BCUT2D eigenvalue weighted by Crippen LogP contribution is -2.30. The zero-order valence-electron chi connectivity index (χ0n) is 24.9. The number of ether oxygens (including phenoxy) is 1. The molecule has 10 heteroatoms. The Labute approximate surface area is 270 Å². The van der Waals surface area contributed by atoms with Crippen LogP contribution < -0.4 is 20.7 Å². The molecule has 4 aromatic rings. The molecule has 45 heavy (non-hydrogen) atoms. The molecule has 0 saturated carbocycles. The van der Waals surface area contributed by atoms with E-state index >= 15 is 0 Å². The number of methoxy groups -OCH3 is 1. The number of carbonyl (C=O) groups is 3. The van der Waals surface area contributed by atoms with Gasteiger partial charge in [-0.2, -0.15) is 5.26 Å². The minimum atomic E-state index is -0.512. The van der Waals surface area contributed by atoms with E-state index in [1.54, 1.807) is 79.9 Å². The highest BCUT2D eigenvalue weighted by Crippen LogP contribution is 2.39. The van der Waals surface area contributed by atoms with Gasteiger partial charge < -0.3 is 20.7 Å². The molecule has 1 aliphatic carbocycles. The monoisotopic (exact) mass is 636 g/mol. The lowest BCUT2D eigenvalue weighted by Gasteiger charge is -2.17. The maximum Gasteiger partial charge on any atom is 0.272 e. The van der Waals surface area contributed by atoms with E-state index in [2.05, 4.69) is 28.9 Å². The van der Waals surface area contributed by atoms with Crippen molar-refractivity contribution in [3.8, 4) is 11.8 Å². The van der Waals surface area contributed by atoms with Crippen molar-refractivity contribution >= 4 is 57.6 Å². The van der Waals surface area contributed by atoms with Gasteiger partial charge in [0.05, 0.1) is 18.4 Å². The number of anilines is 2. The summed E-state index contributed by atoms with van der Waals surface area (Å²) in [6, 6.07) is 25.2. The van der Waals surface area contributed by atoms with Crippen LogP contribution in [0.5, 0.6) is 5.75 Å². The number of hydrogen-bond acceptors (Lipinski definition) is 7. The molecule has 1 aliphatic rings. The number of nitriles is 1. The molecule has 0 aliphatic heterocycles. The molecule has 0 saturated heterocycles. The summed E-state index contributed by atoms with van der Waals surface area (Å²) in [6.45, 7) is 2.21. The fourth-order valence-electron chi connectivity index (χ4n) is 4.97. The number of nitrogens with zero attached hydrogens (tertiary/aromatic N) is 1. The maximum absolute atomic E-state index is 13.5. The third kappa shape index (κ3) is 8.20. The van der Waals surface area contributed by atoms with Crippen molar-refractivity contribution in [3.63, 3.8) is 0 Å². The van der Waals surface area contributed by atoms with Gasteiger partial charge in [0.1, 0.15) is 22.5 Å². The second-order valence-electron chi connectivity index (χ2n) is 10.6. The molecule has 228 valence electrons. The minimum Gasteiger partial charge on any atom is -0.497 e. The highest BCUT2D eigenvalue weighted by Gasteiger charge is 2.24. The van der Waals surface area contributed by atoms with Gasteiger partial charge >= 0.3 is 0 Å². The van der Waals surface area contributed by atoms with Crippen molar-refractivity contribution in [2.75, 3.05) is 23.5 Å². The fraction of sp³-hybridized carbons (Fsp3) is 0.200. The van der Waals surface area contributed by atoms with E-state index in [1.165, 1.54) is 28.0 Å². The Morgan fingerprint density at radius 1 is 1.04 bits per heavy atom. The van der Waals surface area contributed by atoms with E-state index < -0.39 is 11.8 Å². The van der Waals surface area contributed by atoms with Gasteiger partial charge in [0, 0.05) is 21.0 Å². The Balaban J connectivity index is 1.26. The van der Waals surface area contributed by atoms with Crippen LogP contribution in [0.15, 0.2) is 89.5 Å². The zero-order chi connectivity index (χ0) is 31.8. The van der Waals surface area contributed by atoms with Crippen molar-refractivity contribution in [3.05, 3.63) is 112 Å². The summed E-state index contributed by atoms with van der Waals surface area (Å²) < 4.78 is 5.30. The van der Waals surface area contributed by atoms with Gasteiger partial charge in [-0.05, 0) is 84.8 Å². The first kappa shape index (κ1) is 31.6. The van der Waals surface area contributed by atoms with Crippen LogP contribution in [0.4, 0.5) is 10.7 Å². The summed E-state index contributed by atoms with van der Waals surface area (Å²) in [5.74, 6) is 0.185. The summed E-state index contributed by atoms with van der Waals surface area (Å²) in [7, 11) is 1.56. The number of rotatable bonds is 10. The average molecular weight is 637 g/mol. The molecule has 8 nitrogen and oxygen atoms in total. The second kappa shape index (κ2) is 14.8. The molecule has 0 fully saturated rings. The SMILES string of the molecule is COc1cccc(/C=C(\NC(=O)c2ccccc2)C(=O)Nc2cccc(SCC(=O)Nc3sc4c(c3C#N)CCC(C)C4)c2)c1. The number of hydrogen-bond donors (Lipinski definition) is 3. The number of thioether (sulfide) groups is 1. The van der Waals surface area contributed by atoms with E-state index in [0.29, 0.717) is 39.0 Å². The molecule has 0 radical (unpaired) electrons. The van der Waals surface area contributed by atoms with Crippen molar-refractivity contribution in [1.29, 1.82) is 5.26 Å². The summed E-state index contributed by atoms with van der Waals surface area (Å²) >= 11 is 2.82. The third-order valence-corrected chi connectivity index (χ3v) is 9.44. The normalized spacial score (nSPS) is 14.1. The predicted octanol–water partition coefficient (Wildman–Crippen LogP) is 6.89. The first-order valence-electron chi connectivity index (χ1n) is 14.4. The zero-order valence-corrected chi connectivity index (χ0v) is 26.5. The van der Waals surface area contributed by atoms with E-state index in [0.717, 1.165) is 29.7 Å². The van der Waals surface area contributed by atoms with Gasteiger partial charge in [-0.15, -0.1) is 23.1 Å². The van der Waals surface area contributed by atoms with Crippen LogP contribution in [0.1, 0.15) is 45.3 Å². The fourth-order valence-corrected chi connectivity index (χ4v) is 7.10. The van der Waals surface area contributed by atoms with Gasteiger partial charge in [0.15, 0.2) is 0 Å². The Morgan fingerprint density at radius 2 is 1.84 bits per heavy atom. The van der Waals surface area contributed by atoms with Crippen molar-refractivity contribution in [1.82, 2.24) is 5.32 Å². The summed E-state index contributed by atoms with van der Waals surface area (Å²) in [6.07, 6.45) is 4.43. The van der Waals surface area contributed by atoms with Gasteiger partial charge in [-0.3, -0.25) is 14.4 Å². The number of nitrogens with one attached hydrogen (secondary N) is 3. The van der Waals surface area contributed by atoms with Gasteiger partial charge in [-0.25, -0.2) is 0 Å². The van der Waals surface area contributed by atoms with E-state index in [9.17, 15) is 19.6 Å². The highest BCUT2D eigenvalue weighted by atomic mass is 32.2. The number of thiophene rings is 1. The van der Waals surface area contributed by atoms with Crippen LogP contribution in [0.2, 0.25) is 0 Å². The van der Waals surface area contributed by atoms with Crippen LogP contribution in [-0.2, 0) is 22.4 Å². The molecule has 1 unspecified atom stereocenters. The number of benzene rings is 3. The van der Waals surface area contributed by atoms with Crippen LogP contribution >= 0.6 is 23.1 Å². The van der Waals surface area contributed by atoms with Crippen LogP contribution in [0.3, 0.4) is 0 Å². The number of fused-ring (bicyclic) bond motifs is 1. The lowest BCUT2D eigenvalue weighted by atomic mass is 9.89. The van der Waals surface area contributed by atoms with Gasteiger partial charge in [0.25, 0.3) is 11.8 Å².